The van der Waals surface area contributed by atoms with E-state index < -0.39 is 4.92 Å². The molecule has 0 N–H and O–H groups in total. The molecule has 3 rings (SSSR count). The summed E-state index contributed by atoms with van der Waals surface area (Å²) in [6, 6.07) is 6.47. The molecule has 0 radical (unpaired) electrons. The standard InChI is InChI=1S/C16H16N2O3S2/c19-15-14(10-11-5-4-8-13(9-11)18(20)21)23-16(22)17(15)12-6-2-1-3-7-12/h4-5,8-10,12H,1-3,6-7H2. The number of benzene rings is 1. The van der Waals surface area contributed by atoms with Crippen molar-refractivity contribution < 1.29 is 9.72 Å². The van der Waals surface area contributed by atoms with Crippen LogP contribution in [0.1, 0.15) is 37.7 Å². The lowest BCUT2D eigenvalue weighted by Crippen LogP contribution is -2.39. The van der Waals surface area contributed by atoms with Crippen LogP contribution in [0.4, 0.5) is 5.69 Å². The maximum atomic E-state index is 12.7. The van der Waals surface area contributed by atoms with Gasteiger partial charge in [0.2, 0.25) is 0 Å². The number of nitro groups is 1. The molecule has 120 valence electrons. The summed E-state index contributed by atoms with van der Waals surface area (Å²) in [6.45, 7) is 0. The summed E-state index contributed by atoms with van der Waals surface area (Å²) in [5.41, 5.74) is 0.657. The highest BCUT2D eigenvalue weighted by Crippen LogP contribution is 2.37. The first kappa shape index (κ1) is 16.1. The highest BCUT2D eigenvalue weighted by atomic mass is 32.2. The van der Waals surface area contributed by atoms with Gasteiger partial charge in [0.05, 0.1) is 9.83 Å². The van der Waals surface area contributed by atoms with Gasteiger partial charge in [0.1, 0.15) is 4.32 Å². The summed E-state index contributed by atoms with van der Waals surface area (Å²) in [4.78, 5) is 25.3. The molecule has 1 heterocycles. The molecule has 2 aliphatic rings. The molecule has 23 heavy (non-hydrogen) atoms. The molecule has 1 aromatic carbocycles. The van der Waals surface area contributed by atoms with Crippen molar-refractivity contribution in [2.24, 2.45) is 0 Å². The van der Waals surface area contributed by atoms with Crippen molar-refractivity contribution in [1.82, 2.24) is 4.90 Å². The van der Waals surface area contributed by atoms with Gasteiger partial charge in [0, 0.05) is 18.2 Å². The third kappa shape index (κ3) is 3.45. The Labute approximate surface area is 143 Å². The Morgan fingerprint density at radius 2 is 2.04 bits per heavy atom. The third-order valence-electron chi connectivity index (χ3n) is 4.14. The predicted octanol–water partition coefficient (Wildman–Crippen LogP) is 4.13. The molecular formula is C16H16N2O3S2. The van der Waals surface area contributed by atoms with Crippen LogP contribution in [0.5, 0.6) is 0 Å². The van der Waals surface area contributed by atoms with Crippen molar-refractivity contribution >= 4 is 46.0 Å². The molecule has 1 aromatic rings. The van der Waals surface area contributed by atoms with Gasteiger partial charge >= 0.3 is 0 Å². The molecular weight excluding hydrogens is 332 g/mol. The van der Waals surface area contributed by atoms with E-state index in [1.54, 1.807) is 23.1 Å². The topological polar surface area (TPSA) is 63.4 Å². The number of hydrogen-bond donors (Lipinski definition) is 0. The van der Waals surface area contributed by atoms with Crippen molar-refractivity contribution in [3.63, 3.8) is 0 Å². The highest BCUT2D eigenvalue weighted by Gasteiger charge is 2.37. The molecule has 2 fully saturated rings. The highest BCUT2D eigenvalue weighted by molar-refractivity contribution is 8.26. The largest absolute Gasteiger partial charge is 0.290 e. The van der Waals surface area contributed by atoms with Gasteiger partial charge < -0.3 is 0 Å². The Balaban J connectivity index is 1.83. The zero-order valence-electron chi connectivity index (χ0n) is 12.4. The number of carbonyl (C=O) groups excluding carboxylic acids is 1. The Hall–Kier alpha value is -1.73. The second kappa shape index (κ2) is 6.80. The van der Waals surface area contributed by atoms with E-state index >= 15 is 0 Å². The molecule has 1 amide bonds. The first-order chi connectivity index (χ1) is 11.1. The summed E-state index contributed by atoms with van der Waals surface area (Å²) >= 11 is 6.66. The minimum Gasteiger partial charge on any atom is -0.290 e. The molecule has 0 aromatic heterocycles. The van der Waals surface area contributed by atoms with E-state index in [9.17, 15) is 14.9 Å². The van der Waals surface area contributed by atoms with Gasteiger partial charge in [-0.3, -0.25) is 19.8 Å². The number of thiocarbonyl (C=S) groups is 1. The monoisotopic (exact) mass is 348 g/mol. The van der Waals surface area contributed by atoms with Crippen LogP contribution >= 0.6 is 24.0 Å². The molecule has 1 saturated carbocycles. The zero-order chi connectivity index (χ0) is 16.4. The lowest BCUT2D eigenvalue weighted by atomic mass is 9.94. The van der Waals surface area contributed by atoms with E-state index in [1.165, 1.54) is 30.3 Å². The number of carbonyl (C=O) groups is 1. The van der Waals surface area contributed by atoms with E-state index in [2.05, 4.69) is 0 Å². The molecule has 0 unspecified atom stereocenters. The molecule has 1 saturated heterocycles. The second-order valence-electron chi connectivity index (χ2n) is 5.70. The van der Waals surface area contributed by atoms with E-state index in [0.29, 0.717) is 14.8 Å². The summed E-state index contributed by atoms with van der Waals surface area (Å²) < 4.78 is 0.596. The van der Waals surface area contributed by atoms with Crippen molar-refractivity contribution in [2.75, 3.05) is 0 Å². The van der Waals surface area contributed by atoms with Crippen LogP contribution < -0.4 is 0 Å². The van der Waals surface area contributed by atoms with E-state index in [1.807, 2.05) is 0 Å². The summed E-state index contributed by atoms with van der Waals surface area (Å²) in [7, 11) is 0. The number of rotatable bonds is 3. The normalized spacial score (nSPS) is 21.2. The van der Waals surface area contributed by atoms with Crippen molar-refractivity contribution in [1.29, 1.82) is 0 Å². The predicted molar refractivity (Wildman–Crippen MR) is 95.0 cm³/mol. The fraction of sp³-hybridized carbons (Fsp3) is 0.375. The Morgan fingerprint density at radius 1 is 1.30 bits per heavy atom. The number of amides is 1. The van der Waals surface area contributed by atoms with E-state index in [4.69, 9.17) is 12.2 Å². The minimum absolute atomic E-state index is 0.0153. The minimum atomic E-state index is -0.440. The molecule has 1 aliphatic heterocycles. The Morgan fingerprint density at radius 3 is 2.74 bits per heavy atom. The number of nitro benzene ring substituents is 1. The smallest absolute Gasteiger partial charge is 0.270 e. The van der Waals surface area contributed by atoms with Gasteiger partial charge in [0.25, 0.3) is 11.6 Å². The summed E-state index contributed by atoms with van der Waals surface area (Å²) in [5, 5.41) is 10.8. The molecule has 0 spiro atoms. The van der Waals surface area contributed by atoms with Crippen LogP contribution in [0.2, 0.25) is 0 Å². The molecule has 7 heteroatoms. The fourth-order valence-electron chi connectivity index (χ4n) is 3.01. The average molecular weight is 348 g/mol. The van der Waals surface area contributed by atoms with Gasteiger partial charge in [-0.2, -0.15) is 0 Å². The van der Waals surface area contributed by atoms with Crippen LogP contribution in [0, 0.1) is 10.1 Å². The van der Waals surface area contributed by atoms with Gasteiger partial charge in [0.15, 0.2) is 0 Å². The first-order valence-electron chi connectivity index (χ1n) is 7.58. The number of non-ortho nitro benzene ring substituents is 1. The maximum Gasteiger partial charge on any atom is 0.270 e. The molecule has 1 aliphatic carbocycles. The maximum absolute atomic E-state index is 12.7. The van der Waals surface area contributed by atoms with Crippen molar-refractivity contribution in [2.45, 2.75) is 38.1 Å². The van der Waals surface area contributed by atoms with Gasteiger partial charge in [-0.05, 0) is 24.5 Å². The van der Waals surface area contributed by atoms with Crippen LogP contribution in [0.3, 0.4) is 0 Å². The van der Waals surface area contributed by atoms with Gasteiger partial charge in [-0.25, -0.2) is 0 Å². The van der Waals surface area contributed by atoms with Crippen LogP contribution in [0.15, 0.2) is 29.2 Å². The van der Waals surface area contributed by atoms with Crippen molar-refractivity contribution in [3.05, 3.63) is 44.8 Å². The quantitative estimate of drug-likeness (QED) is 0.356. The first-order valence-corrected chi connectivity index (χ1v) is 8.80. The van der Waals surface area contributed by atoms with E-state index in [0.717, 1.165) is 25.7 Å². The second-order valence-corrected chi connectivity index (χ2v) is 7.37. The van der Waals surface area contributed by atoms with Crippen LogP contribution in [0.25, 0.3) is 6.08 Å². The Bertz CT molecular complexity index is 696. The zero-order valence-corrected chi connectivity index (χ0v) is 14.1. The van der Waals surface area contributed by atoms with Gasteiger partial charge in [-0.1, -0.05) is 55.4 Å². The SMILES string of the molecule is O=C1C(=Cc2cccc([N+](=O)[O-])c2)SC(=S)N1C1CCCCC1. The van der Waals surface area contributed by atoms with Crippen LogP contribution in [-0.4, -0.2) is 26.1 Å². The number of hydrogen-bond acceptors (Lipinski definition) is 5. The molecule has 5 nitrogen and oxygen atoms in total. The Kier molecular flexibility index (Phi) is 4.77. The van der Waals surface area contributed by atoms with Crippen molar-refractivity contribution in [3.8, 4) is 0 Å². The van der Waals surface area contributed by atoms with Crippen LogP contribution in [-0.2, 0) is 4.79 Å². The number of nitrogens with zero attached hydrogens (tertiary/aromatic N) is 2. The number of thioether (sulfide) groups is 1. The van der Waals surface area contributed by atoms with E-state index in [-0.39, 0.29) is 17.6 Å². The van der Waals surface area contributed by atoms with Gasteiger partial charge in [-0.15, -0.1) is 0 Å². The lowest BCUT2D eigenvalue weighted by Gasteiger charge is -2.29. The fourth-order valence-corrected chi connectivity index (χ4v) is 4.41. The third-order valence-corrected chi connectivity index (χ3v) is 5.47. The molecule has 0 bridgehead atoms. The summed E-state index contributed by atoms with van der Waals surface area (Å²) in [6.07, 6.45) is 7.16. The lowest BCUT2D eigenvalue weighted by molar-refractivity contribution is -0.384. The average Bonchev–Trinajstić information content (AvgIpc) is 2.82. The molecule has 0 atom stereocenters. The summed E-state index contributed by atoms with van der Waals surface area (Å²) in [5.74, 6) is -0.0709.